The van der Waals surface area contributed by atoms with Crippen LogP contribution < -0.4 is 5.32 Å². The van der Waals surface area contributed by atoms with Crippen LogP contribution >= 0.6 is 0 Å². The number of piperidine rings is 1. The number of carbonyl (C=O) groups excluding carboxylic acids is 1. The fourth-order valence-corrected chi connectivity index (χ4v) is 3.65. The Morgan fingerprint density at radius 2 is 1.82 bits per heavy atom. The van der Waals surface area contributed by atoms with Crippen LogP contribution in [0.25, 0.3) is 11.1 Å². The van der Waals surface area contributed by atoms with Crippen LogP contribution in [0.15, 0.2) is 54.6 Å². The first kappa shape index (κ1) is 13.5. The molecule has 0 radical (unpaired) electrons. The number of hydrogen-bond acceptors (Lipinski definition) is 2. The Balaban J connectivity index is 1.64. The summed E-state index contributed by atoms with van der Waals surface area (Å²) in [5.41, 5.74) is 2.95. The molecule has 0 aliphatic carbocycles. The Morgan fingerprint density at radius 3 is 2.64 bits per heavy atom. The Morgan fingerprint density at radius 1 is 1.05 bits per heavy atom. The average molecular weight is 292 g/mol. The van der Waals surface area contributed by atoms with Gasteiger partial charge in [-0.2, -0.15) is 0 Å². The van der Waals surface area contributed by atoms with Crippen LogP contribution in [0, 0.1) is 5.92 Å². The lowest BCUT2D eigenvalue weighted by atomic mass is 9.82. The van der Waals surface area contributed by atoms with Crippen molar-refractivity contribution in [2.75, 3.05) is 19.6 Å². The standard InChI is InChI=1S/C19H20N2O/c22-19(21-13-15-10-11-20-12-18(15)21)17-9-5-4-8-16(17)14-6-2-1-3-7-14/h1-9,15,18,20H,10-13H2/t15-,18-/m0/s1. The highest BCUT2D eigenvalue weighted by Gasteiger charge is 2.43. The molecule has 2 saturated heterocycles. The van der Waals surface area contributed by atoms with Gasteiger partial charge in [0.15, 0.2) is 0 Å². The van der Waals surface area contributed by atoms with Crippen LogP contribution in [0.1, 0.15) is 16.8 Å². The molecule has 1 amide bonds. The molecule has 2 heterocycles. The first-order valence-electron chi connectivity index (χ1n) is 8.01. The van der Waals surface area contributed by atoms with E-state index in [1.165, 1.54) is 6.42 Å². The van der Waals surface area contributed by atoms with Gasteiger partial charge in [0.2, 0.25) is 0 Å². The molecule has 2 atom stereocenters. The monoisotopic (exact) mass is 292 g/mol. The van der Waals surface area contributed by atoms with Crippen molar-refractivity contribution in [1.29, 1.82) is 0 Å². The number of hydrogen-bond donors (Lipinski definition) is 1. The summed E-state index contributed by atoms with van der Waals surface area (Å²) in [6, 6.07) is 18.5. The minimum absolute atomic E-state index is 0.171. The molecule has 2 aromatic rings. The SMILES string of the molecule is O=C(c1ccccc1-c1ccccc1)N1C[C@@H]2CCNC[C@@H]21. The van der Waals surface area contributed by atoms with Crippen molar-refractivity contribution in [3.63, 3.8) is 0 Å². The number of nitrogens with zero attached hydrogens (tertiary/aromatic N) is 1. The second-order valence-electron chi connectivity index (χ2n) is 6.19. The van der Waals surface area contributed by atoms with Gasteiger partial charge in [0.25, 0.3) is 5.91 Å². The first-order valence-corrected chi connectivity index (χ1v) is 8.01. The van der Waals surface area contributed by atoms with Gasteiger partial charge in [-0.25, -0.2) is 0 Å². The van der Waals surface area contributed by atoms with E-state index < -0.39 is 0 Å². The van der Waals surface area contributed by atoms with E-state index in [9.17, 15) is 4.79 Å². The van der Waals surface area contributed by atoms with Gasteiger partial charge in [-0.15, -0.1) is 0 Å². The van der Waals surface area contributed by atoms with Gasteiger partial charge in [0.05, 0.1) is 0 Å². The number of benzene rings is 2. The van der Waals surface area contributed by atoms with Crippen molar-refractivity contribution in [3.05, 3.63) is 60.2 Å². The van der Waals surface area contributed by atoms with E-state index in [4.69, 9.17) is 0 Å². The molecular formula is C19H20N2O. The van der Waals surface area contributed by atoms with E-state index in [1.807, 2.05) is 47.4 Å². The molecular weight excluding hydrogens is 272 g/mol. The maximum atomic E-state index is 13.0. The first-order chi connectivity index (χ1) is 10.8. The van der Waals surface area contributed by atoms with Crippen molar-refractivity contribution in [2.45, 2.75) is 12.5 Å². The summed E-state index contributed by atoms with van der Waals surface area (Å²) in [4.78, 5) is 15.0. The van der Waals surface area contributed by atoms with E-state index in [1.54, 1.807) is 0 Å². The topological polar surface area (TPSA) is 32.3 Å². The lowest BCUT2D eigenvalue weighted by Gasteiger charge is -2.51. The van der Waals surface area contributed by atoms with Crippen molar-refractivity contribution in [2.24, 2.45) is 5.92 Å². The third-order valence-corrected chi connectivity index (χ3v) is 4.92. The lowest BCUT2D eigenvalue weighted by molar-refractivity contribution is 0.00287. The number of likely N-dealkylation sites (tertiary alicyclic amines) is 1. The number of rotatable bonds is 2. The third kappa shape index (κ3) is 2.22. The number of fused-ring (bicyclic) bond motifs is 1. The zero-order chi connectivity index (χ0) is 14.9. The highest BCUT2D eigenvalue weighted by atomic mass is 16.2. The molecule has 4 rings (SSSR count). The summed E-state index contributed by atoms with van der Waals surface area (Å²) in [5, 5.41) is 3.40. The fraction of sp³-hybridized carbons (Fsp3) is 0.316. The van der Waals surface area contributed by atoms with Gasteiger partial charge in [-0.3, -0.25) is 4.79 Å². The maximum absolute atomic E-state index is 13.0. The van der Waals surface area contributed by atoms with Crippen LogP contribution in [0.5, 0.6) is 0 Å². The molecule has 0 aromatic heterocycles. The van der Waals surface area contributed by atoms with Gasteiger partial charge < -0.3 is 10.2 Å². The second kappa shape index (κ2) is 5.58. The highest BCUT2D eigenvalue weighted by molar-refractivity contribution is 6.01. The summed E-state index contributed by atoms with van der Waals surface area (Å²) in [6.45, 7) is 2.93. The third-order valence-electron chi connectivity index (χ3n) is 4.92. The quantitative estimate of drug-likeness (QED) is 0.923. The van der Waals surface area contributed by atoms with E-state index in [2.05, 4.69) is 17.4 Å². The van der Waals surface area contributed by atoms with Gasteiger partial charge in [-0.05, 0) is 36.1 Å². The molecule has 0 spiro atoms. The predicted octanol–water partition coefficient (Wildman–Crippen LogP) is 2.79. The largest absolute Gasteiger partial charge is 0.334 e. The van der Waals surface area contributed by atoms with Gasteiger partial charge in [0.1, 0.15) is 0 Å². The van der Waals surface area contributed by atoms with Gasteiger partial charge >= 0.3 is 0 Å². The molecule has 0 saturated carbocycles. The van der Waals surface area contributed by atoms with Crippen LogP contribution in [0.4, 0.5) is 0 Å². The fourth-order valence-electron chi connectivity index (χ4n) is 3.65. The number of carbonyl (C=O) groups is 1. The predicted molar refractivity (Wildman–Crippen MR) is 87.7 cm³/mol. The summed E-state index contributed by atoms with van der Waals surface area (Å²) in [5.74, 6) is 0.860. The molecule has 2 aliphatic rings. The highest BCUT2D eigenvalue weighted by Crippen LogP contribution is 2.33. The van der Waals surface area contributed by atoms with Crippen LogP contribution in [-0.2, 0) is 0 Å². The van der Waals surface area contributed by atoms with Crippen LogP contribution in [0.2, 0.25) is 0 Å². The van der Waals surface area contributed by atoms with Crippen LogP contribution in [0.3, 0.4) is 0 Å². The van der Waals surface area contributed by atoms with Crippen molar-refractivity contribution >= 4 is 5.91 Å². The summed E-state index contributed by atoms with van der Waals surface area (Å²) in [7, 11) is 0. The lowest BCUT2D eigenvalue weighted by Crippen LogP contribution is -2.65. The zero-order valence-corrected chi connectivity index (χ0v) is 12.5. The smallest absolute Gasteiger partial charge is 0.254 e. The zero-order valence-electron chi connectivity index (χ0n) is 12.5. The Bertz CT molecular complexity index is 683. The van der Waals surface area contributed by atoms with E-state index in [0.717, 1.165) is 36.3 Å². The maximum Gasteiger partial charge on any atom is 0.254 e. The minimum Gasteiger partial charge on any atom is -0.334 e. The minimum atomic E-state index is 0.171. The Labute approximate surface area is 131 Å². The molecule has 0 bridgehead atoms. The molecule has 2 fully saturated rings. The van der Waals surface area contributed by atoms with Crippen molar-refractivity contribution in [1.82, 2.24) is 10.2 Å². The Hall–Kier alpha value is -2.13. The molecule has 112 valence electrons. The number of nitrogens with one attached hydrogen (secondary N) is 1. The van der Waals surface area contributed by atoms with Gasteiger partial charge in [0, 0.05) is 24.7 Å². The van der Waals surface area contributed by atoms with E-state index in [-0.39, 0.29) is 5.91 Å². The molecule has 2 aromatic carbocycles. The molecule has 0 unspecified atom stereocenters. The normalized spacial score (nSPS) is 23.5. The van der Waals surface area contributed by atoms with Gasteiger partial charge in [-0.1, -0.05) is 48.5 Å². The number of amides is 1. The summed E-state index contributed by atoms with van der Waals surface area (Å²) >= 11 is 0. The molecule has 3 heteroatoms. The molecule has 22 heavy (non-hydrogen) atoms. The Kier molecular flexibility index (Phi) is 3.43. The molecule has 1 N–H and O–H groups in total. The van der Waals surface area contributed by atoms with Crippen molar-refractivity contribution < 1.29 is 4.79 Å². The van der Waals surface area contributed by atoms with E-state index in [0.29, 0.717) is 12.0 Å². The molecule has 2 aliphatic heterocycles. The van der Waals surface area contributed by atoms with Crippen molar-refractivity contribution in [3.8, 4) is 11.1 Å². The van der Waals surface area contributed by atoms with E-state index >= 15 is 0 Å². The summed E-state index contributed by atoms with van der Waals surface area (Å²) < 4.78 is 0. The summed E-state index contributed by atoms with van der Waals surface area (Å²) in [6.07, 6.45) is 1.19. The molecule has 3 nitrogen and oxygen atoms in total. The van der Waals surface area contributed by atoms with Crippen LogP contribution in [-0.4, -0.2) is 36.5 Å². The second-order valence-corrected chi connectivity index (χ2v) is 6.19. The average Bonchev–Trinajstić information content (AvgIpc) is 2.57.